The van der Waals surface area contributed by atoms with Gasteiger partial charge in [-0.15, -0.1) is 0 Å². The van der Waals surface area contributed by atoms with Crippen LogP contribution in [0, 0.1) is 6.92 Å². The van der Waals surface area contributed by atoms with Crippen molar-refractivity contribution in [3.05, 3.63) is 89.3 Å². The molecule has 0 aliphatic heterocycles. The Morgan fingerprint density at radius 3 is 2.51 bits per heavy atom. The number of carbonyl (C=O) groups excluding carboxylic acids is 1. The summed E-state index contributed by atoms with van der Waals surface area (Å²) in [6, 6.07) is 14.8. The first-order valence-corrected chi connectivity index (χ1v) is 16.5. The monoisotopic (exact) mass is 772 g/mol. The second-order valence-corrected chi connectivity index (χ2v) is 12.9. The van der Waals surface area contributed by atoms with E-state index in [0.29, 0.717) is 55.0 Å². The quantitative estimate of drug-likeness (QED) is 0.173. The minimum absolute atomic E-state index is 0.155. The molecule has 1 amide bonds. The highest BCUT2D eigenvalue weighted by Gasteiger charge is 2.23. The summed E-state index contributed by atoms with van der Waals surface area (Å²) in [5.41, 5.74) is 2.89. The third-order valence-corrected chi connectivity index (χ3v) is 9.89. The lowest BCUT2D eigenvalue weighted by Gasteiger charge is -2.23. The number of anilines is 1. The Labute approximate surface area is 275 Å². The molecule has 11 heteroatoms. The third kappa shape index (κ3) is 7.38. The number of benzene rings is 3. The fourth-order valence-electron chi connectivity index (χ4n) is 5.09. The van der Waals surface area contributed by atoms with Gasteiger partial charge in [-0.1, -0.05) is 52.9 Å². The topological polar surface area (TPSA) is 94.8 Å². The lowest BCUT2D eigenvalue weighted by molar-refractivity contribution is -0.118. The van der Waals surface area contributed by atoms with E-state index in [9.17, 15) is 9.59 Å². The normalized spacial score (nSPS) is 13.9. The van der Waals surface area contributed by atoms with Crippen molar-refractivity contribution < 1.29 is 14.3 Å². The van der Waals surface area contributed by atoms with Gasteiger partial charge >= 0.3 is 0 Å². The van der Waals surface area contributed by atoms with Gasteiger partial charge in [0.1, 0.15) is 5.82 Å². The van der Waals surface area contributed by atoms with Crippen molar-refractivity contribution in [1.82, 2.24) is 9.66 Å². The van der Waals surface area contributed by atoms with E-state index in [2.05, 4.69) is 58.2 Å². The number of nitrogens with zero attached hydrogens (tertiary/aromatic N) is 3. The van der Waals surface area contributed by atoms with E-state index >= 15 is 0 Å². The molecule has 0 unspecified atom stereocenters. The molecule has 1 fully saturated rings. The number of hydrogen-bond acceptors (Lipinski definition) is 6. The zero-order chi connectivity index (χ0) is 30.5. The molecule has 3 aromatic carbocycles. The standard InChI is InChI=1S/C32H31Br3N4O4/c1-3-42-26-15-21(28(34)29(35)30(26)43-18-27(40)37-23-12-9-19(2)10-13-23)17-36-39-31(20-7-5-4-6-8-20)38-25-14-11-22(33)16-24(25)32(39)41/h9-17,20H,3-8,18H2,1-2H3,(H,37,40). The van der Waals surface area contributed by atoms with E-state index in [-0.39, 0.29) is 24.0 Å². The first-order valence-electron chi connectivity index (χ1n) is 14.2. The molecule has 1 aliphatic carbocycles. The van der Waals surface area contributed by atoms with Crippen LogP contribution in [0.5, 0.6) is 11.5 Å². The molecular formula is C32H31Br3N4O4. The molecule has 1 aromatic heterocycles. The number of nitrogens with one attached hydrogen (secondary N) is 1. The maximum absolute atomic E-state index is 13.7. The van der Waals surface area contributed by atoms with Crippen LogP contribution in [-0.2, 0) is 4.79 Å². The zero-order valence-electron chi connectivity index (χ0n) is 23.8. The molecule has 43 heavy (non-hydrogen) atoms. The minimum atomic E-state index is -0.301. The van der Waals surface area contributed by atoms with Crippen LogP contribution in [0.15, 0.2) is 71.8 Å². The largest absolute Gasteiger partial charge is 0.490 e. The SMILES string of the molecule is CCOc1cc(C=Nn2c(C3CCCCC3)nc3ccc(Br)cc3c2=O)c(Br)c(Br)c1OCC(=O)Nc1ccc(C)cc1. The van der Waals surface area contributed by atoms with Crippen molar-refractivity contribution >= 4 is 76.5 Å². The highest BCUT2D eigenvalue weighted by atomic mass is 79.9. The second kappa shape index (κ2) is 14.2. The van der Waals surface area contributed by atoms with Crippen LogP contribution in [0.4, 0.5) is 5.69 Å². The fourth-order valence-corrected chi connectivity index (χ4v) is 6.39. The maximum atomic E-state index is 13.7. The summed E-state index contributed by atoms with van der Waals surface area (Å²) in [7, 11) is 0. The number of amides is 1. The van der Waals surface area contributed by atoms with Gasteiger partial charge < -0.3 is 14.8 Å². The predicted octanol–water partition coefficient (Wildman–Crippen LogP) is 8.34. The van der Waals surface area contributed by atoms with Gasteiger partial charge in [0.05, 0.1) is 28.2 Å². The summed E-state index contributed by atoms with van der Waals surface area (Å²) in [6.45, 7) is 4.02. The Morgan fingerprint density at radius 1 is 1.05 bits per heavy atom. The average Bonchev–Trinajstić information content (AvgIpc) is 3.00. The van der Waals surface area contributed by atoms with Crippen LogP contribution in [0.25, 0.3) is 10.9 Å². The minimum Gasteiger partial charge on any atom is -0.490 e. The Hall–Kier alpha value is -3.02. The van der Waals surface area contributed by atoms with Gasteiger partial charge in [0.15, 0.2) is 18.1 Å². The van der Waals surface area contributed by atoms with Crippen LogP contribution >= 0.6 is 47.8 Å². The van der Waals surface area contributed by atoms with Crippen LogP contribution in [0.3, 0.4) is 0 Å². The van der Waals surface area contributed by atoms with Crippen molar-refractivity contribution in [3.8, 4) is 11.5 Å². The summed E-state index contributed by atoms with van der Waals surface area (Å²) in [5, 5.41) is 8.01. The average molecular weight is 775 g/mol. The number of fused-ring (bicyclic) bond motifs is 1. The lowest BCUT2D eigenvalue weighted by atomic mass is 9.88. The van der Waals surface area contributed by atoms with Gasteiger partial charge in [-0.3, -0.25) is 9.59 Å². The molecule has 0 atom stereocenters. The summed E-state index contributed by atoms with van der Waals surface area (Å²) in [6.07, 6.45) is 6.94. The van der Waals surface area contributed by atoms with Crippen LogP contribution in [0.1, 0.15) is 61.9 Å². The third-order valence-electron chi connectivity index (χ3n) is 7.25. The molecule has 1 aliphatic rings. The highest BCUT2D eigenvalue weighted by molar-refractivity contribution is 9.13. The van der Waals surface area contributed by atoms with E-state index < -0.39 is 0 Å². The van der Waals surface area contributed by atoms with E-state index in [1.165, 1.54) is 11.1 Å². The van der Waals surface area contributed by atoms with Crippen molar-refractivity contribution in [3.63, 3.8) is 0 Å². The van der Waals surface area contributed by atoms with Crippen molar-refractivity contribution in [2.75, 3.05) is 18.5 Å². The molecule has 224 valence electrons. The first kappa shape index (κ1) is 31.4. The summed E-state index contributed by atoms with van der Waals surface area (Å²) >= 11 is 10.7. The molecule has 4 aromatic rings. The van der Waals surface area contributed by atoms with Crippen molar-refractivity contribution in [2.45, 2.75) is 51.9 Å². The molecular weight excluding hydrogens is 744 g/mol. The van der Waals surface area contributed by atoms with Gasteiger partial charge in [0, 0.05) is 26.1 Å². The Balaban J connectivity index is 1.47. The number of rotatable bonds is 9. The van der Waals surface area contributed by atoms with Gasteiger partial charge in [-0.05, 0) is 94.9 Å². The molecule has 1 saturated carbocycles. The van der Waals surface area contributed by atoms with Crippen LogP contribution in [-0.4, -0.2) is 35.0 Å². The summed E-state index contributed by atoms with van der Waals surface area (Å²) in [4.78, 5) is 31.2. The number of hydrogen-bond donors (Lipinski definition) is 1. The predicted molar refractivity (Wildman–Crippen MR) is 181 cm³/mol. The molecule has 0 saturated heterocycles. The molecule has 8 nitrogen and oxygen atoms in total. The van der Waals surface area contributed by atoms with Crippen molar-refractivity contribution in [1.29, 1.82) is 0 Å². The van der Waals surface area contributed by atoms with E-state index in [0.717, 1.165) is 35.7 Å². The number of ether oxygens (including phenoxy) is 2. The van der Waals surface area contributed by atoms with Gasteiger partial charge in [-0.2, -0.15) is 9.78 Å². The van der Waals surface area contributed by atoms with Crippen molar-refractivity contribution in [2.24, 2.45) is 5.10 Å². The van der Waals surface area contributed by atoms with Crippen LogP contribution < -0.4 is 20.3 Å². The smallest absolute Gasteiger partial charge is 0.282 e. The molecule has 0 radical (unpaired) electrons. The lowest BCUT2D eigenvalue weighted by Crippen LogP contribution is -2.25. The van der Waals surface area contributed by atoms with Gasteiger partial charge in [-0.25, -0.2) is 4.98 Å². The number of aromatic nitrogens is 2. The molecule has 1 N–H and O–H groups in total. The number of halogens is 3. The Kier molecular flexibility index (Phi) is 10.4. The van der Waals surface area contributed by atoms with Crippen LogP contribution in [0.2, 0.25) is 0 Å². The number of aryl methyl sites for hydroxylation is 1. The van der Waals surface area contributed by atoms with Gasteiger partial charge in [0.2, 0.25) is 0 Å². The molecule has 5 rings (SSSR count). The Morgan fingerprint density at radius 2 is 1.79 bits per heavy atom. The molecule has 0 spiro atoms. The van der Waals surface area contributed by atoms with E-state index in [1.807, 2.05) is 50.2 Å². The summed E-state index contributed by atoms with van der Waals surface area (Å²) < 4.78 is 15.2. The van der Waals surface area contributed by atoms with Gasteiger partial charge in [0.25, 0.3) is 11.5 Å². The maximum Gasteiger partial charge on any atom is 0.282 e. The fraction of sp³-hybridized carbons (Fsp3) is 0.312. The van der Waals surface area contributed by atoms with E-state index in [1.54, 1.807) is 18.3 Å². The zero-order valence-corrected chi connectivity index (χ0v) is 28.6. The first-order chi connectivity index (χ1) is 20.7. The van der Waals surface area contributed by atoms with E-state index in [4.69, 9.17) is 14.5 Å². The highest BCUT2D eigenvalue weighted by Crippen LogP contribution is 2.42. The second-order valence-electron chi connectivity index (χ2n) is 10.4. The Bertz CT molecular complexity index is 1730. The molecule has 0 bridgehead atoms. The summed E-state index contributed by atoms with van der Waals surface area (Å²) in [5.74, 6) is 1.34. The molecule has 1 heterocycles. The number of carbonyl (C=O) groups is 1.